The molecular formula is C16H30N4O. The molecule has 5 heteroatoms. The third-order valence-electron chi connectivity index (χ3n) is 4.38. The van der Waals surface area contributed by atoms with Crippen LogP contribution in [0.2, 0.25) is 0 Å². The average Bonchev–Trinajstić information content (AvgIpc) is 2.79. The molecule has 1 saturated heterocycles. The molecule has 1 aliphatic rings. The predicted molar refractivity (Wildman–Crippen MR) is 85.4 cm³/mol. The van der Waals surface area contributed by atoms with Crippen LogP contribution in [0.3, 0.4) is 0 Å². The van der Waals surface area contributed by atoms with E-state index in [0.717, 1.165) is 50.7 Å². The van der Waals surface area contributed by atoms with Crippen LogP contribution in [-0.4, -0.2) is 29.8 Å². The van der Waals surface area contributed by atoms with Crippen LogP contribution >= 0.6 is 0 Å². The van der Waals surface area contributed by atoms with Crippen molar-refractivity contribution in [2.45, 2.75) is 64.7 Å². The number of rotatable bonds is 8. The zero-order valence-corrected chi connectivity index (χ0v) is 13.4. The maximum absolute atomic E-state index is 5.69. The van der Waals surface area contributed by atoms with Gasteiger partial charge in [-0.1, -0.05) is 32.6 Å². The first kappa shape index (κ1) is 16.3. The molecule has 1 atom stereocenters. The lowest BCUT2D eigenvalue weighted by molar-refractivity contribution is 0.348. The number of aryl methyl sites for hydroxylation is 1. The molecule has 1 aromatic rings. The van der Waals surface area contributed by atoms with Crippen molar-refractivity contribution in [3.05, 3.63) is 5.89 Å². The Morgan fingerprint density at radius 3 is 2.57 bits per heavy atom. The van der Waals surface area contributed by atoms with Crippen molar-refractivity contribution in [2.75, 3.05) is 24.5 Å². The minimum absolute atomic E-state index is 0.688. The molecule has 5 nitrogen and oxygen atoms in total. The second kappa shape index (κ2) is 9.03. The van der Waals surface area contributed by atoms with E-state index < -0.39 is 0 Å². The van der Waals surface area contributed by atoms with E-state index in [4.69, 9.17) is 10.3 Å². The molecule has 2 rings (SSSR count). The van der Waals surface area contributed by atoms with Crippen LogP contribution in [0.25, 0.3) is 0 Å². The van der Waals surface area contributed by atoms with Gasteiger partial charge in [-0.25, -0.2) is 0 Å². The summed E-state index contributed by atoms with van der Waals surface area (Å²) in [6, 6.07) is 0. The van der Waals surface area contributed by atoms with Gasteiger partial charge in [-0.05, 0) is 43.3 Å². The molecule has 2 heterocycles. The lowest BCUT2D eigenvalue weighted by Gasteiger charge is -2.16. The van der Waals surface area contributed by atoms with E-state index in [1.807, 2.05) is 0 Å². The third kappa shape index (κ3) is 5.30. The van der Waals surface area contributed by atoms with Crippen LogP contribution in [0.1, 0.15) is 64.2 Å². The Morgan fingerprint density at radius 2 is 1.90 bits per heavy atom. The predicted octanol–water partition coefficient (Wildman–Crippen LogP) is 3.15. The quantitative estimate of drug-likeness (QED) is 0.797. The average molecular weight is 294 g/mol. The summed E-state index contributed by atoms with van der Waals surface area (Å²) in [5, 5.41) is 4.17. The van der Waals surface area contributed by atoms with Crippen LogP contribution < -0.4 is 10.6 Å². The minimum Gasteiger partial charge on any atom is -0.338 e. The number of anilines is 1. The fourth-order valence-corrected chi connectivity index (χ4v) is 3.15. The molecule has 21 heavy (non-hydrogen) atoms. The Bertz CT molecular complexity index is 379. The smallest absolute Gasteiger partial charge is 0.266 e. The summed E-state index contributed by atoms with van der Waals surface area (Å²) in [5.41, 5.74) is 5.69. The second-order valence-electron chi connectivity index (χ2n) is 6.16. The molecule has 1 unspecified atom stereocenters. The molecule has 0 aromatic carbocycles. The molecule has 0 aliphatic carbocycles. The van der Waals surface area contributed by atoms with Crippen molar-refractivity contribution in [3.63, 3.8) is 0 Å². The summed E-state index contributed by atoms with van der Waals surface area (Å²) in [7, 11) is 0. The number of nitrogens with zero attached hydrogens (tertiary/aromatic N) is 3. The summed E-state index contributed by atoms with van der Waals surface area (Å²) < 4.78 is 5.43. The normalized spacial score (nSPS) is 17.7. The summed E-state index contributed by atoms with van der Waals surface area (Å²) in [6.07, 6.45) is 10.6. The third-order valence-corrected chi connectivity index (χ3v) is 4.38. The van der Waals surface area contributed by atoms with Gasteiger partial charge in [-0.2, -0.15) is 4.98 Å². The first-order valence-corrected chi connectivity index (χ1v) is 8.61. The van der Waals surface area contributed by atoms with Crippen molar-refractivity contribution in [1.82, 2.24) is 10.1 Å². The highest BCUT2D eigenvalue weighted by molar-refractivity contribution is 5.27. The van der Waals surface area contributed by atoms with Gasteiger partial charge >= 0.3 is 0 Å². The molecule has 0 saturated carbocycles. The molecule has 120 valence electrons. The Labute approximate surface area is 128 Å². The number of nitrogens with two attached hydrogens (primary N) is 1. The van der Waals surface area contributed by atoms with E-state index in [1.54, 1.807) is 0 Å². The fraction of sp³-hybridized carbons (Fsp3) is 0.875. The van der Waals surface area contributed by atoms with Gasteiger partial charge in [-0.3, -0.25) is 0 Å². The molecular weight excluding hydrogens is 264 g/mol. The van der Waals surface area contributed by atoms with Gasteiger partial charge < -0.3 is 15.2 Å². The van der Waals surface area contributed by atoms with E-state index in [-0.39, 0.29) is 0 Å². The number of hydrogen-bond acceptors (Lipinski definition) is 5. The van der Waals surface area contributed by atoms with Crippen molar-refractivity contribution >= 4 is 5.95 Å². The van der Waals surface area contributed by atoms with Crippen molar-refractivity contribution in [1.29, 1.82) is 0 Å². The van der Waals surface area contributed by atoms with Gasteiger partial charge in [0.2, 0.25) is 5.89 Å². The standard InChI is InChI=1S/C16H30N4O/c1-2-7-14(10-11-17)8-9-15-18-16(19-21-15)20-12-5-3-4-6-13-20/h14H,2-13,17H2,1H3. The van der Waals surface area contributed by atoms with E-state index >= 15 is 0 Å². The SMILES string of the molecule is CCCC(CCN)CCc1nc(N2CCCCCC2)no1. The molecule has 1 aromatic heterocycles. The van der Waals surface area contributed by atoms with Crippen LogP contribution in [0.5, 0.6) is 0 Å². The monoisotopic (exact) mass is 294 g/mol. The zero-order valence-electron chi connectivity index (χ0n) is 13.4. The van der Waals surface area contributed by atoms with Gasteiger partial charge in [0.15, 0.2) is 0 Å². The van der Waals surface area contributed by atoms with Gasteiger partial charge in [0.1, 0.15) is 0 Å². The van der Waals surface area contributed by atoms with Crippen LogP contribution in [0.15, 0.2) is 4.52 Å². The molecule has 0 spiro atoms. The first-order valence-electron chi connectivity index (χ1n) is 8.61. The van der Waals surface area contributed by atoms with Gasteiger partial charge in [-0.15, -0.1) is 0 Å². The van der Waals surface area contributed by atoms with Crippen molar-refractivity contribution in [3.8, 4) is 0 Å². The largest absolute Gasteiger partial charge is 0.338 e. The van der Waals surface area contributed by atoms with Gasteiger partial charge in [0.25, 0.3) is 5.95 Å². The molecule has 0 bridgehead atoms. The molecule has 2 N–H and O–H groups in total. The Balaban J connectivity index is 1.84. The summed E-state index contributed by atoms with van der Waals surface area (Å²) >= 11 is 0. The minimum atomic E-state index is 0.688. The van der Waals surface area contributed by atoms with E-state index in [1.165, 1.54) is 38.5 Å². The molecule has 1 aliphatic heterocycles. The van der Waals surface area contributed by atoms with E-state index in [9.17, 15) is 0 Å². The topological polar surface area (TPSA) is 68.2 Å². The second-order valence-corrected chi connectivity index (χ2v) is 6.16. The maximum Gasteiger partial charge on any atom is 0.266 e. The number of hydrogen-bond donors (Lipinski definition) is 1. The van der Waals surface area contributed by atoms with Crippen molar-refractivity contribution < 1.29 is 4.52 Å². The number of aromatic nitrogens is 2. The molecule has 0 radical (unpaired) electrons. The highest BCUT2D eigenvalue weighted by Crippen LogP contribution is 2.20. The summed E-state index contributed by atoms with van der Waals surface area (Å²) in [6.45, 7) is 5.12. The Morgan fingerprint density at radius 1 is 1.14 bits per heavy atom. The van der Waals surface area contributed by atoms with Crippen LogP contribution in [-0.2, 0) is 6.42 Å². The Hall–Kier alpha value is -1.10. The zero-order chi connectivity index (χ0) is 14.9. The lowest BCUT2D eigenvalue weighted by Crippen LogP contribution is -2.24. The highest BCUT2D eigenvalue weighted by Gasteiger charge is 2.16. The molecule has 0 amide bonds. The fourth-order valence-electron chi connectivity index (χ4n) is 3.15. The maximum atomic E-state index is 5.69. The van der Waals surface area contributed by atoms with Crippen molar-refractivity contribution in [2.24, 2.45) is 11.7 Å². The van der Waals surface area contributed by atoms with Crippen LogP contribution in [0.4, 0.5) is 5.95 Å². The van der Waals surface area contributed by atoms with E-state index in [0.29, 0.717) is 5.92 Å². The first-order chi connectivity index (χ1) is 10.3. The summed E-state index contributed by atoms with van der Waals surface area (Å²) in [4.78, 5) is 6.85. The van der Waals surface area contributed by atoms with Gasteiger partial charge in [0.05, 0.1) is 0 Å². The Kier molecular flexibility index (Phi) is 7.00. The lowest BCUT2D eigenvalue weighted by atomic mass is 9.94. The summed E-state index contributed by atoms with van der Waals surface area (Å²) in [5.74, 6) is 2.26. The highest BCUT2D eigenvalue weighted by atomic mass is 16.5. The van der Waals surface area contributed by atoms with Crippen LogP contribution in [0, 0.1) is 5.92 Å². The molecule has 1 fully saturated rings. The van der Waals surface area contributed by atoms with Gasteiger partial charge in [0, 0.05) is 19.5 Å². The van der Waals surface area contributed by atoms with E-state index in [2.05, 4.69) is 22.0 Å².